The molecule has 0 fully saturated rings. The van der Waals surface area contributed by atoms with Gasteiger partial charge in [0.05, 0.1) is 12.4 Å². The second-order valence-corrected chi connectivity index (χ2v) is 3.65. The third-order valence-corrected chi connectivity index (χ3v) is 2.40. The van der Waals surface area contributed by atoms with Crippen molar-refractivity contribution in [2.24, 2.45) is 5.73 Å². The highest BCUT2D eigenvalue weighted by Crippen LogP contribution is 2.24. The lowest BCUT2D eigenvalue weighted by atomic mass is 10.2. The zero-order valence-electron chi connectivity index (χ0n) is 8.73. The van der Waals surface area contributed by atoms with Gasteiger partial charge in [-0.05, 0) is 17.7 Å². The van der Waals surface area contributed by atoms with Crippen molar-refractivity contribution >= 4 is 11.6 Å². The first kappa shape index (κ1) is 11.8. The van der Waals surface area contributed by atoms with Gasteiger partial charge in [0.1, 0.15) is 5.75 Å². The van der Waals surface area contributed by atoms with Crippen LogP contribution >= 0.6 is 11.6 Å². The molecular weight excluding hydrogens is 245 g/mol. The molecule has 17 heavy (non-hydrogen) atoms. The fourth-order valence-electron chi connectivity index (χ4n) is 1.22. The summed E-state index contributed by atoms with van der Waals surface area (Å²) in [4.78, 5) is 7.34. The van der Waals surface area contributed by atoms with Gasteiger partial charge in [-0.3, -0.25) is 0 Å². The molecule has 2 rings (SSSR count). The summed E-state index contributed by atoms with van der Waals surface area (Å²) >= 11 is 5.96. The van der Waals surface area contributed by atoms with E-state index < -0.39 is 5.82 Å². The van der Waals surface area contributed by atoms with Crippen molar-refractivity contribution in [3.05, 3.63) is 47.0 Å². The molecule has 2 N–H and O–H groups in total. The summed E-state index contributed by atoms with van der Waals surface area (Å²) in [5.74, 6) is -0.0485. The maximum Gasteiger partial charge on any atom is 0.322 e. The van der Waals surface area contributed by atoms with Crippen LogP contribution in [-0.2, 0) is 6.54 Å². The highest BCUT2D eigenvalue weighted by molar-refractivity contribution is 6.31. The maximum absolute atomic E-state index is 12.6. The molecule has 0 bridgehead atoms. The minimum Gasteiger partial charge on any atom is -0.424 e. The lowest BCUT2D eigenvalue weighted by Crippen LogP contribution is -1.97. The van der Waals surface area contributed by atoms with E-state index in [9.17, 15) is 4.39 Å². The zero-order valence-corrected chi connectivity index (χ0v) is 9.49. The van der Waals surface area contributed by atoms with Crippen molar-refractivity contribution in [1.82, 2.24) is 9.97 Å². The van der Waals surface area contributed by atoms with Gasteiger partial charge in [-0.15, -0.1) is 0 Å². The lowest BCUT2D eigenvalue weighted by molar-refractivity contribution is 0.436. The molecule has 0 aliphatic carbocycles. The van der Waals surface area contributed by atoms with E-state index in [2.05, 4.69) is 9.97 Å². The van der Waals surface area contributed by atoms with Gasteiger partial charge < -0.3 is 10.5 Å². The number of rotatable bonds is 3. The van der Waals surface area contributed by atoms with Gasteiger partial charge in [0.15, 0.2) is 5.82 Å². The van der Waals surface area contributed by atoms with Crippen LogP contribution in [0.5, 0.6) is 11.8 Å². The quantitative estimate of drug-likeness (QED) is 0.913. The van der Waals surface area contributed by atoms with Gasteiger partial charge in [0, 0.05) is 11.6 Å². The Balaban J connectivity index is 2.19. The van der Waals surface area contributed by atoms with E-state index in [1.54, 1.807) is 18.2 Å². The molecule has 0 saturated heterocycles. The summed E-state index contributed by atoms with van der Waals surface area (Å²) in [6.07, 6.45) is 2.05. The molecule has 4 nitrogen and oxygen atoms in total. The van der Waals surface area contributed by atoms with Crippen molar-refractivity contribution in [2.45, 2.75) is 6.54 Å². The molecule has 88 valence electrons. The molecule has 0 radical (unpaired) electrons. The average molecular weight is 254 g/mol. The largest absolute Gasteiger partial charge is 0.424 e. The first-order chi connectivity index (χ1) is 8.19. The van der Waals surface area contributed by atoms with Crippen LogP contribution in [0, 0.1) is 5.82 Å². The van der Waals surface area contributed by atoms with E-state index in [4.69, 9.17) is 22.1 Å². The number of hydrogen-bond acceptors (Lipinski definition) is 4. The summed E-state index contributed by atoms with van der Waals surface area (Å²) in [5, 5.41) is 0.507. The van der Waals surface area contributed by atoms with Gasteiger partial charge in [0.2, 0.25) is 0 Å². The number of nitrogens with zero attached hydrogens (tertiary/aromatic N) is 2. The zero-order chi connectivity index (χ0) is 12.3. The van der Waals surface area contributed by atoms with Crippen LogP contribution in [0.2, 0.25) is 5.02 Å². The fraction of sp³-hybridized carbons (Fsp3) is 0.0909. The van der Waals surface area contributed by atoms with Crippen LogP contribution in [0.4, 0.5) is 4.39 Å². The third kappa shape index (κ3) is 2.89. The van der Waals surface area contributed by atoms with E-state index in [1.807, 2.05) is 0 Å². The second kappa shape index (κ2) is 5.07. The molecule has 2 aromatic rings. The SMILES string of the molecule is NCc1ccc(Oc2ncc(F)cn2)cc1Cl. The van der Waals surface area contributed by atoms with Gasteiger partial charge in [-0.2, -0.15) is 0 Å². The molecule has 0 unspecified atom stereocenters. The summed E-state index contributed by atoms with van der Waals surface area (Å²) in [6.45, 7) is 0.353. The van der Waals surface area contributed by atoms with Crippen molar-refractivity contribution in [3.63, 3.8) is 0 Å². The van der Waals surface area contributed by atoms with Gasteiger partial charge in [-0.25, -0.2) is 14.4 Å². The highest BCUT2D eigenvalue weighted by Gasteiger charge is 2.04. The Morgan fingerprint density at radius 2 is 2.00 bits per heavy atom. The summed E-state index contributed by atoms with van der Waals surface area (Å²) < 4.78 is 17.9. The first-order valence-electron chi connectivity index (χ1n) is 4.83. The number of benzene rings is 1. The number of nitrogens with two attached hydrogens (primary N) is 1. The molecule has 0 spiro atoms. The molecule has 1 heterocycles. The molecule has 1 aromatic carbocycles. The number of halogens is 2. The predicted molar refractivity (Wildman–Crippen MR) is 61.4 cm³/mol. The third-order valence-electron chi connectivity index (χ3n) is 2.05. The van der Waals surface area contributed by atoms with Crippen LogP contribution < -0.4 is 10.5 Å². The number of ether oxygens (including phenoxy) is 1. The standard InChI is InChI=1S/C11H9ClFN3O/c12-10-3-9(2-1-7(10)4-14)17-11-15-5-8(13)6-16-11/h1-3,5-6H,4,14H2. The van der Waals surface area contributed by atoms with Crippen molar-refractivity contribution in [1.29, 1.82) is 0 Å². The van der Waals surface area contributed by atoms with Gasteiger partial charge in [0.25, 0.3) is 0 Å². The Morgan fingerprint density at radius 3 is 2.59 bits per heavy atom. The highest BCUT2D eigenvalue weighted by atomic mass is 35.5. The average Bonchev–Trinajstić information content (AvgIpc) is 2.32. The van der Waals surface area contributed by atoms with Crippen LogP contribution in [0.25, 0.3) is 0 Å². The summed E-state index contributed by atoms with van der Waals surface area (Å²) in [6, 6.07) is 5.11. The Morgan fingerprint density at radius 1 is 1.29 bits per heavy atom. The van der Waals surface area contributed by atoms with Gasteiger partial charge >= 0.3 is 6.01 Å². The smallest absolute Gasteiger partial charge is 0.322 e. The summed E-state index contributed by atoms with van der Waals surface area (Å²) in [5.41, 5.74) is 6.30. The maximum atomic E-state index is 12.6. The Bertz CT molecular complexity index is 519. The Hall–Kier alpha value is -1.72. The van der Waals surface area contributed by atoms with Crippen molar-refractivity contribution in [2.75, 3.05) is 0 Å². The molecule has 0 saturated carbocycles. The Labute approximate surface area is 102 Å². The van der Waals surface area contributed by atoms with E-state index >= 15 is 0 Å². The van der Waals surface area contributed by atoms with E-state index in [0.29, 0.717) is 17.3 Å². The molecule has 0 aliphatic rings. The van der Waals surface area contributed by atoms with Crippen molar-refractivity contribution in [3.8, 4) is 11.8 Å². The minimum atomic E-state index is -0.520. The lowest BCUT2D eigenvalue weighted by Gasteiger charge is -2.06. The fourth-order valence-corrected chi connectivity index (χ4v) is 1.46. The van der Waals surface area contributed by atoms with E-state index in [-0.39, 0.29) is 6.01 Å². The number of hydrogen-bond donors (Lipinski definition) is 1. The second-order valence-electron chi connectivity index (χ2n) is 3.24. The molecule has 1 aromatic heterocycles. The van der Waals surface area contributed by atoms with Crippen LogP contribution in [0.3, 0.4) is 0 Å². The van der Waals surface area contributed by atoms with E-state index in [1.165, 1.54) is 0 Å². The normalized spacial score (nSPS) is 10.3. The minimum absolute atomic E-state index is 0.0583. The van der Waals surface area contributed by atoms with Crippen LogP contribution in [0.15, 0.2) is 30.6 Å². The Kier molecular flexibility index (Phi) is 3.51. The summed E-state index contributed by atoms with van der Waals surface area (Å²) in [7, 11) is 0. The molecule has 0 atom stereocenters. The van der Waals surface area contributed by atoms with E-state index in [0.717, 1.165) is 18.0 Å². The molecule has 6 heteroatoms. The topological polar surface area (TPSA) is 61.0 Å². The van der Waals surface area contributed by atoms with Crippen LogP contribution in [0.1, 0.15) is 5.56 Å². The molecular formula is C11H9ClFN3O. The molecule has 0 amide bonds. The van der Waals surface area contributed by atoms with Crippen LogP contribution in [-0.4, -0.2) is 9.97 Å². The number of aromatic nitrogens is 2. The first-order valence-corrected chi connectivity index (χ1v) is 5.20. The van der Waals surface area contributed by atoms with Crippen molar-refractivity contribution < 1.29 is 9.13 Å². The monoisotopic (exact) mass is 253 g/mol. The predicted octanol–water partition coefficient (Wildman–Crippen LogP) is 2.52. The molecule has 0 aliphatic heterocycles. The van der Waals surface area contributed by atoms with Gasteiger partial charge in [-0.1, -0.05) is 17.7 Å².